The van der Waals surface area contributed by atoms with Crippen LogP contribution in [-0.2, 0) is 0 Å². The summed E-state index contributed by atoms with van der Waals surface area (Å²) in [4.78, 5) is 24.9. The SMILES string of the molecule is CC(c1cccnc1)N1CCN(C(=O)Nc2ccnc(OCCO)c2)CC1. The number of carbonyl (C=O) groups is 1. The number of ether oxygens (including phenoxy) is 1. The highest BCUT2D eigenvalue weighted by Gasteiger charge is 2.25. The topological polar surface area (TPSA) is 90.8 Å². The number of carbonyl (C=O) groups excluding carboxylic acids is 1. The molecule has 3 heterocycles. The van der Waals surface area contributed by atoms with Gasteiger partial charge < -0.3 is 20.1 Å². The Kier molecular flexibility index (Phi) is 6.56. The zero-order valence-electron chi connectivity index (χ0n) is 15.4. The smallest absolute Gasteiger partial charge is 0.321 e. The van der Waals surface area contributed by atoms with Crippen LogP contribution < -0.4 is 10.1 Å². The van der Waals surface area contributed by atoms with Gasteiger partial charge in [-0.3, -0.25) is 9.88 Å². The predicted molar refractivity (Wildman–Crippen MR) is 102 cm³/mol. The molecule has 0 spiro atoms. The third-order valence-electron chi connectivity index (χ3n) is 4.64. The molecular formula is C19H25N5O3. The van der Waals surface area contributed by atoms with E-state index >= 15 is 0 Å². The molecule has 144 valence electrons. The van der Waals surface area contributed by atoms with Crippen LogP contribution in [0.1, 0.15) is 18.5 Å². The molecule has 8 nitrogen and oxygen atoms in total. The lowest BCUT2D eigenvalue weighted by molar-refractivity contribution is 0.119. The van der Waals surface area contributed by atoms with E-state index in [1.807, 2.05) is 12.3 Å². The molecule has 1 aliphatic rings. The van der Waals surface area contributed by atoms with Gasteiger partial charge in [0.2, 0.25) is 5.88 Å². The molecule has 1 atom stereocenters. The number of anilines is 1. The molecule has 2 aromatic rings. The van der Waals surface area contributed by atoms with Crippen LogP contribution in [0.4, 0.5) is 10.5 Å². The van der Waals surface area contributed by atoms with Gasteiger partial charge in [0.25, 0.3) is 0 Å². The van der Waals surface area contributed by atoms with Gasteiger partial charge in [-0.05, 0) is 24.6 Å². The van der Waals surface area contributed by atoms with E-state index < -0.39 is 0 Å². The maximum atomic E-state index is 12.5. The number of nitrogens with zero attached hydrogens (tertiary/aromatic N) is 4. The van der Waals surface area contributed by atoms with E-state index in [4.69, 9.17) is 9.84 Å². The van der Waals surface area contributed by atoms with E-state index in [0.29, 0.717) is 24.7 Å². The molecule has 0 bridgehead atoms. The van der Waals surface area contributed by atoms with Gasteiger partial charge in [0.15, 0.2) is 0 Å². The molecule has 0 aliphatic carbocycles. The Balaban J connectivity index is 1.51. The first-order valence-corrected chi connectivity index (χ1v) is 9.07. The first kappa shape index (κ1) is 19.1. The fourth-order valence-electron chi connectivity index (χ4n) is 3.07. The second kappa shape index (κ2) is 9.29. The molecule has 1 unspecified atom stereocenters. The summed E-state index contributed by atoms with van der Waals surface area (Å²) in [6.07, 6.45) is 5.23. The number of hydrogen-bond donors (Lipinski definition) is 2. The van der Waals surface area contributed by atoms with Gasteiger partial charge in [-0.2, -0.15) is 0 Å². The summed E-state index contributed by atoms with van der Waals surface area (Å²) < 4.78 is 5.27. The van der Waals surface area contributed by atoms with Gasteiger partial charge >= 0.3 is 6.03 Å². The summed E-state index contributed by atoms with van der Waals surface area (Å²) in [5, 5.41) is 11.7. The van der Waals surface area contributed by atoms with E-state index in [1.54, 1.807) is 29.4 Å². The number of rotatable bonds is 6. The van der Waals surface area contributed by atoms with Crippen LogP contribution in [0.3, 0.4) is 0 Å². The average molecular weight is 371 g/mol. The summed E-state index contributed by atoms with van der Waals surface area (Å²) in [6, 6.07) is 7.52. The lowest BCUT2D eigenvalue weighted by Gasteiger charge is -2.38. The highest BCUT2D eigenvalue weighted by Crippen LogP contribution is 2.21. The number of aliphatic hydroxyl groups excluding tert-OH is 1. The van der Waals surface area contributed by atoms with Gasteiger partial charge in [0.05, 0.1) is 6.61 Å². The van der Waals surface area contributed by atoms with Crippen LogP contribution in [-0.4, -0.2) is 70.3 Å². The lowest BCUT2D eigenvalue weighted by atomic mass is 10.1. The normalized spacial score (nSPS) is 16.0. The van der Waals surface area contributed by atoms with E-state index in [1.165, 1.54) is 5.56 Å². The first-order valence-electron chi connectivity index (χ1n) is 9.07. The molecule has 8 heteroatoms. The van der Waals surface area contributed by atoms with Crippen LogP contribution in [0.5, 0.6) is 5.88 Å². The monoisotopic (exact) mass is 371 g/mol. The number of piperazine rings is 1. The number of aliphatic hydroxyl groups is 1. The Morgan fingerprint density at radius 3 is 2.81 bits per heavy atom. The number of urea groups is 1. The second-order valence-corrected chi connectivity index (χ2v) is 6.37. The van der Waals surface area contributed by atoms with Crippen molar-refractivity contribution < 1.29 is 14.6 Å². The molecule has 2 amide bonds. The number of hydrogen-bond acceptors (Lipinski definition) is 6. The van der Waals surface area contributed by atoms with Crippen molar-refractivity contribution >= 4 is 11.7 Å². The van der Waals surface area contributed by atoms with E-state index in [2.05, 4.69) is 33.2 Å². The summed E-state index contributed by atoms with van der Waals surface area (Å²) in [7, 11) is 0. The Morgan fingerprint density at radius 2 is 2.11 bits per heavy atom. The maximum Gasteiger partial charge on any atom is 0.321 e. The largest absolute Gasteiger partial charge is 0.475 e. The van der Waals surface area contributed by atoms with Gasteiger partial charge in [-0.1, -0.05) is 6.07 Å². The van der Waals surface area contributed by atoms with Crippen molar-refractivity contribution in [3.63, 3.8) is 0 Å². The van der Waals surface area contributed by atoms with Crippen molar-refractivity contribution in [1.82, 2.24) is 19.8 Å². The van der Waals surface area contributed by atoms with Gasteiger partial charge in [-0.15, -0.1) is 0 Å². The van der Waals surface area contributed by atoms with Crippen molar-refractivity contribution in [2.75, 3.05) is 44.7 Å². The number of aromatic nitrogens is 2. The standard InChI is InChI=1S/C19H25N5O3/c1-15(16-3-2-5-20-14-16)23-7-9-24(10-8-23)19(26)22-17-4-6-21-18(13-17)27-12-11-25/h2-6,13-15,25H,7-12H2,1H3,(H,21,22,26). The van der Waals surface area contributed by atoms with Crippen LogP contribution in [0, 0.1) is 0 Å². The minimum Gasteiger partial charge on any atom is -0.475 e. The predicted octanol–water partition coefficient (Wildman–Crippen LogP) is 1.76. The maximum absolute atomic E-state index is 12.5. The third-order valence-corrected chi connectivity index (χ3v) is 4.64. The quantitative estimate of drug-likeness (QED) is 0.804. The summed E-state index contributed by atoms with van der Waals surface area (Å²) in [6.45, 7) is 5.19. The Labute approximate surface area is 158 Å². The van der Waals surface area contributed by atoms with Crippen molar-refractivity contribution in [3.05, 3.63) is 48.4 Å². The fourth-order valence-corrected chi connectivity index (χ4v) is 3.07. The summed E-state index contributed by atoms with van der Waals surface area (Å²) >= 11 is 0. The number of nitrogens with one attached hydrogen (secondary N) is 1. The van der Waals surface area contributed by atoms with E-state index in [0.717, 1.165) is 13.1 Å². The van der Waals surface area contributed by atoms with Crippen molar-refractivity contribution in [2.45, 2.75) is 13.0 Å². The Hall–Kier alpha value is -2.71. The van der Waals surface area contributed by atoms with Crippen molar-refractivity contribution in [1.29, 1.82) is 0 Å². The molecule has 27 heavy (non-hydrogen) atoms. The Bertz CT molecular complexity index is 735. The summed E-state index contributed by atoms with van der Waals surface area (Å²) in [5.41, 5.74) is 1.80. The zero-order valence-corrected chi connectivity index (χ0v) is 15.4. The van der Waals surface area contributed by atoms with Gasteiger partial charge in [-0.25, -0.2) is 9.78 Å². The molecular weight excluding hydrogens is 346 g/mol. The molecule has 1 fully saturated rings. The zero-order chi connectivity index (χ0) is 19.1. The minimum absolute atomic E-state index is 0.0833. The molecule has 3 rings (SSSR count). The highest BCUT2D eigenvalue weighted by atomic mass is 16.5. The molecule has 0 saturated carbocycles. The van der Waals surface area contributed by atoms with Gasteiger partial charge in [0, 0.05) is 62.6 Å². The lowest BCUT2D eigenvalue weighted by Crippen LogP contribution is -2.50. The highest BCUT2D eigenvalue weighted by molar-refractivity contribution is 5.89. The van der Waals surface area contributed by atoms with Crippen molar-refractivity contribution in [2.24, 2.45) is 0 Å². The van der Waals surface area contributed by atoms with E-state index in [9.17, 15) is 4.79 Å². The average Bonchev–Trinajstić information content (AvgIpc) is 2.72. The third kappa shape index (κ3) is 5.15. The van der Waals surface area contributed by atoms with Crippen LogP contribution in [0.2, 0.25) is 0 Å². The molecule has 2 N–H and O–H groups in total. The van der Waals surface area contributed by atoms with Crippen LogP contribution in [0.25, 0.3) is 0 Å². The second-order valence-electron chi connectivity index (χ2n) is 6.37. The summed E-state index contributed by atoms with van der Waals surface area (Å²) in [5.74, 6) is 0.372. The molecule has 1 aliphatic heterocycles. The molecule has 1 saturated heterocycles. The van der Waals surface area contributed by atoms with E-state index in [-0.39, 0.29) is 25.3 Å². The van der Waals surface area contributed by atoms with Crippen LogP contribution >= 0.6 is 0 Å². The number of amides is 2. The minimum atomic E-state index is -0.136. The van der Waals surface area contributed by atoms with Crippen molar-refractivity contribution in [3.8, 4) is 5.88 Å². The van der Waals surface area contributed by atoms with Crippen LogP contribution in [0.15, 0.2) is 42.9 Å². The first-order chi connectivity index (χ1) is 13.2. The Morgan fingerprint density at radius 1 is 1.30 bits per heavy atom. The number of pyridine rings is 2. The molecule has 0 aromatic carbocycles. The van der Waals surface area contributed by atoms with Gasteiger partial charge in [0.1, 0.15) is 6.61 Å². The fraction of sp³-hybridized carbons (Fsp3) is 0.421. The molecule has 0 radical (unpaired) electrons. The molecule has 2 aromatic heterocycles.